The van der Waals surface area contributed by atoms with E-state index in [1.807, 2.05) is 13.8 Å². The molecule has 0 radical (unpaired) electrons. The van der Waals surface area contributed by atoms with E-state index in [4.69, 9.17) is 23.2 Å². The van der Waals surface area contributed by atoms with Crippen LogP contribution >= 0.6 is 23.2 Å². The van der Waals surface area contributed by atoms with Gasteiger partial charge in [-0.1, -0.05) is 37.0 Å². The van der Waals surface area contributed by atoms with Gasteiger partial charge in [0.1, 0.15) is 27.4 Å². The molecule has 0 aromatic heterocycles. The Hall–Kier alpha value is -3.64. The van der Waals surface area contributed by atoms with Crippen molar-refractivity contribution in [2.45, 2.75) is 45.2 Å². The van der Waals surface area contributed by atoms with E-state index in [0.29, 0.717) is 13.1 Å². The summed E-state index contributed by atoms with van der Waals surface area (Å²) in [6, 6.07) is 3.39. The average Bonchev–Trinajstić information content (AvgIpc) is 3.32. The topological polar surface area (TPSA) is 92.8 Å². The molecule has 0 aliphatic carbocycles. The van der Waals surface area contributed by atoms with Crippen molar-refractivity contribution in [1.82, 2.24) is 0 Å². The van der Waals surface area contributed by atoms with E-state index in [0.717, 1.165) is 42.8 Å². The molecule has 0 spiro atoms. The first-order chi connectivity index (χ1) is 20.3. The highest BCUT2D eigenvalue weighted by Gasteiger charge is 2.41. The summed E-state index contributed by atoms with van der Waals surface area (Å²) in [5.41, 5.74) is -1.90. The predicted molar refractivity (Wildman–Crippen MR) is 155 cm³/mol. The van der Waals surface area contributed by atoms with Crippen LogP contribution in [0.15, 0.2) is 36.4 Å². The number of rotatable bonds is 6. The van der Waals surface area contributed by atoms with Gasteiger partial charge in [-0.05, 0) is 55.4 Å². The Morgan fingerprint density at radius 1 is 0.721 bits per heavy atom. The van der Waals surface area contributed by atoms with Gasteiger partial charge in [-0.15, -0.1) is 0 Å². The van der Waals surface area contributed by atoms with Gasteiger partial charge in [-0.3, -0.25) is 20.2 Å². The van der Waals surface area contributed by atoms with Crippen molar-refractivity contribution < 1.29 is 27.4 Å². The Kier molecular flexibility index (Phi) is 8.45. The molecule has 2 fully saturated rings. The SMILES string of the molecule is CC1CC(C)CN(c2c(F)cc(N3[C@@H](c4cc([N+](=O)[O-])c(Cl)cc4F)CC[C@@H]3c3cc([N+](=O)[O-])c(Cl)cc3F)cc2F)C1. The molecule has 2 aliphatic rings. The minimum Gasteiger partial charge on any atom is -0.366 e. The zero-order valence-electron chi connectivity index (χ0n) is 23.0. The molecule has 8 nitrogen and oxygen atoms in total. The second-order valence-electron chi connectivity index (χ2n) is 11.3. The third-order valence-corrected chi connectivity index (χ3v) is 8.72. The quantitative estimate of drug-likeness (QED) is 0.152. The number of nitro benzene ring substituents is 2. The molecule has 0 N–H and O–H groups in total. The summed E-state index contributed by atoms with van der Waals surface area (Å²) >= 11 is 11.8. The average molecular weight is 641 g/mol. The lowest BCUT2D eigenvalue weighted by atomic mass is 9.91. The molecule has 2 heterocycles. The number of hydrogen-bond donors (Lipinski definition) is 0. The Morgan fingerprint density at radius 3 is 1.53 bits per heavy atom. The lowest BCUT2D eigenvalue weighted by molar-refractivity contribution is -0.384. The predicted octanol–water partition coefficient (Wildman–Crippen LogP) is 8.93. The first-order valence-electron chi connectivity index (χ1n) is 13.6. The Balaban J connectivity index is 1.67. The van der Waals surface area contributed by atoms with Crippen LogP contribution in [-0.2, 0) is 0 Å². The van der Waals surface area contributed by atoms with Gasteiger partial charge in [-0.25, -0.2) is 17.6 Å². The third kappa shape index (κ3) is 5.82. The van der Waals surface area contributed by atoms with Crippen LogP contribution in [0.2, 0.25) is 10.0 Å². The molecule has 5 rings (SSSR count). The van der Waals surface area contributed by atoms with Crippen LogP contribution in [0.25, 0.3) is 0 Å². The van der Waals surface area contributed by atoms with Crippen LogP contribution in [0.1, 0.15) is 56.3 Å². The maximum atomic E-state index is 15.8. The normalized spacial score (nSPS) is 22.2. The van der Waals surface area contributed by atoms with E-state index >= 15 is 17.6 Å². The molecule has 0 saturated carbocycles. The third-order valence-electron chi connectivity index (χ3n) is 8.11. The van der Waals surface area contributed by atoms with Gasteiger partial charge in [0.05, 0.1) is 21.9 Å². The van der Waals surface area contributed by atoms with Crippen LogP contribution < -0.4 is 9.80 Å². The highest BCUT2D eigenvalue weighted by Crippen LogP contribution is 2.50. The van der Waals surface area contributed by atoms with Crippen LogP contribution in [0, 0.1) is 55.3 Å². The minimum absolute atomic E-state index is 0.0579. The highest BCUT2D eigenvalue weighted by molar-refractivity contribution is 6.33. The number of piperidine rings is 1. The number of benzene rings is 3. The Bertz CT molecular complexity index is 1520. The van der Waals surface area contributed by atoms with Crippen molar-refractivity contribution in [3.63, 3.8) is 0 Å². The minimum atomic E-state index is -1.07. The Labute approximate surface area is 254 Å². The number of nitro groups is 2. The zero-order valence-corrected chi connectivity index (χ0v) is 24.5. The summed E-state index contributed by atoms with van der Waals surface area (Å²) in [6.07, 6.45) is 1.03. The van der Waals surface area contributed by atoms with Gasteiger partial charge >= 0.3 is 0 Å². The molecule has 3 aromatic rings. The molecule has 2 aliphatic heterocycles. The van der Waals surface area contributed by atoms with E-state index < -0.39 is 66.6 Å². The molecule has 2 unspecified atom stereocenters. The summed E-state index contributed by atoms with van der Waals surface area (Å²) in [6.45, 7) is 4.86. The molecular formula is C29H26Cl2F4N4O4. The van der Waals surface area contributed by atoms with Gasteiger partial charge in [0.25, 0.3) is 11.4 Å². The molecule has 2 saturated heterocycles. The van der Waals surface area contributed by atoms with Crippen LogP contribution in [0.5, 0.6) is 0 Å². The molecular weight excluding hydrogens is 615 g/mol. The zero-order chi connectivity index (χ0) is 31.3. The highest BCUT2D eigenvalue weighted by atomic mass is 35.5. The summed E-state index contributed by atoms with van der Waals surface area (Å²) in [5.74, 6) is -3.23. The largest absolute Gasteiger partial charge is 0.366 e. The lowest BCUT2D eigenvalue weighted by Gasteiger charge is -2.38. The number of nitrogens with zero attached hydrogens (tertiary/aromatic N) is 4. The summed E-state index contributed by atoms with van der Waals surface area (Å²) in [7, 11) is 0. The maximum Gasteiger partial charge on any atom is 0.288 e. The summed E-state index contributed by atoms with van der Waals surface area (Å²) in [4.78, 5) is 24.6. The molecule has 228 valence electrons. The van der Waals surface area contributed by atoms with Crippen molar-refractivity contribution in [2.24, 2.45) is 11.8 Å². The first-order valence-corrected chi connectivity index (χ1v) is 14.3. The number of anilines is 2. The van der Waals surface area contributed by atoms with Gasteiger partial charge in [0.15, 0.2) is 11.6 Å². The smallest absolute Gasteiger partial charge is 0.288 e. The molecule has 14 heteroatoms. The van der Waals surface area contributed by atoms with Crippen LogP contribution in [-0.4, -0.2) is 22.9 Å². The fourth-order valence-corrected chi connectivity index (χ4v) is 6.97. The van der Waals surface area contributed by atoms with Gasteiger partial charge < -0.3 is 9.80 Å². The number of hydrogen-bond acceptors (Lipinski definition) is 6. The molecule has 0 bridgehead atoms. The van der Waals surface area contributed by atoms with Crippen molar-refractivity contribution >= 4 is 46.0 Å². The van der Waals surface area contributed by atoms with Crippen LogP contribution in [0.4, 0.5) is 40.3 Å². The van der Waals surface area contributed by atoms with E-state index in [2.05, 4.69) is 0 Å². The first kappa shape index (κ1) is 30.8. The molecule has 43 heavy (non-hydrogen) atoms. The van der Waals surface area contributed by atoms with Crippen molar-refractivity contribution in [2.75, 3.05) is 22.9 Å². The van der Waals surface area contributed by atoms with Gasteiger partial charge in [0, 0.05) is 42.0 Å². The Morgan fingerprint density at radius 2 is 1.14 bits per heavy atom. The maximum absolute atomic E-state index is 15.8. The van der Waals surface area contributed by atoms with Gasteiger partial charge in [-0.2, -0.15) is 0 Å². The van der Waals surface area contributed by atoms with E-state index in [-0.39, 0.29) is 47.2 Å². The van der Waals surface area contributed by atoms with E-state index in [1.165, 1.54) is 4.90 Å². The summed E-state index contributed by atoms with van der Waals surface area (Å²) < 4.78 is 62.3. The van der Waals surface area contributed by atoms with Crippen LogP contribution in [0.3, 0.4) is 0 Å². The second-order valence-corrected chi connectivity index (χ2v) is 12.1. The fourth-order valence-electron chi connectivity index (χ4n) is 6.53. The lowest BCUT2D eigenvalue weighted by Crippen LogP contribution is -2.39. The van der Waals surface area contributed by atoms with Gasteiger partial charge in [0.2, 0.25) is 0 Å². The van der Waals surface area contributed by atoms with E-state index in [9.17, 15) is 20.2 Å². The molecule has 4 atom stereocenters. The van der Waals surface area contributed by atoms with Crippen molar-refractivity contribution in [3.05, 3.63) is 101 Å². The standard InChI is InChI=1S/C29H26Cl2F4N4O4/c1-14-5-15(2)13-36(12-14)29-23(34)6-16(7-24(29)35)37-25(17-8-27(38(40)41)19(30)10-21(17)32)3-4-26(37)18-9-28(39(42)43)20(31)11-22(18)33/h6-11,14-15,25-26H,3-5,12-13H2,1-2H3/t14?,15?,25-,26-/m1/s1. The summed E-state index contributed by atoms with van der Waals surface area (Å²) in [5, 5.41) is 22.3. The number of halogens is 6. The second kappa shape index (κ2) is 11.8. The van der Waals surface area contributed by atoms with Crippen molar-refractivity contribution in [1.29, 1.82) is 0 Å². The monoisotopic (exact) mass is 640 g/mol. The fraction of sp³-hybridized carbons (Fsp3) is 0.379. The van der Waals surface area contributed by atoms with E-state index in [1.54, 1.807) is 4.90 Å². The molecule has 0 amide bonds. The van der Waals surface area contributed by atoms with Crippen molar-refractivity contribution in [3.8, 4) is 0 Å². The molecule has 3 aromatic carbocycles.